The number of hydrogen-bond acceptors (Lipinski definition) is 6. The average Bonchev–Trinajstić information content (AvgIpc) is 2.85. The van der Waals surface area contributed by atoms with E-state index >= 15 is 0 Å². The molecule has 1 unspecified atom stereocenters. The molecule has 1 aliphatic rings. The van der Waals surface area contributed by atoms with Crippen LogP contribution >= 0.6 is 11.6 Å². The Balaban J connectivity index is 1.75. The van der Waals surface area contributed by atoms with Crippen molar-refractivity contribution in [1.29, 1.82) is 0 Å². The Morgan fingerprint density at radius 1 is 1.17 bits per heavy atom. The molecule has 0 saturated carbocycles. The van der Waals surface area contributed by atoms with Crippen LogP contribution < -0.4 is 5.56 Å². The van der Waals surface area contributed by atoms with Crippen LogP contribution in [-0.2, 0) is 11.3 Å². The summed E-state index contributed by atoms with van der Waals surface area (Å²) in [7, 11) is 0. The Labute approximate surface area is 209 Å². The number of carbonyl (C=O) groups excluding carboxylic acids is 1. The van der Waals surface area contributed by atoms with Gasteiger partial charge >= 0.3 is 6.09 Å². The van der Waals surface area contributed by atoms with E-state index < -0.39 is 6.04 Å². The summed E-state index contributed by atoms with van der Waals surface area (Å²) >= 11 is 6.32. The summed E-state index contributed by atoms with van der Waals surface area (Å²) in [6.07, 6.45) is 3.07. The smallest absolute Gasteiger partial charge is 0.409 e. The first-order valence-electron chi connectivity index (χ1n) is 11.6. The van der Waals surface area contributed by atoms with E-state index in [1.54, 1.807) is 47.8 Å². The number of amides is 1. The molecular formula is C26H29ClN4O4. The van der Waals surface area contributed by atoms with Crippen LogP contribution in [0.2, 0.25) is 5.02 Å². The average molecular weight is 497 g/mol. The number of piperazine rings is 1. The van der Waals surface area contributed by atoms with Crippen LogP contribution in [0.1, 0.15) is 35.3 Å². The third-order valence-corrected chi connectivity index (χ3v) is 6.46. The van der Waals surface area contributed by atoms with Gasteiger partial charge in [0.1, 0.15) is 5.75 Å². The Morgan fingerprint density at radius 2 is 1.94 bits per heavy atom. The first-order valence-corrected chi connectivity index (χ1v) is 12.0. The van der Waals surface area contributed by atoms with Gasteiger partial charge in [0.25, 0.3) is 5.56 Å². The van der Waals surface area contributed by atoms with E-state index in [1.165, 1.54) is 0 Å². The van der Waals surface area contributed by atoms with Crippen LogP contribution in [-0.4, -0.2) is 63.3 Å². The van der Waals surface area contributed by atoms with Crippen LogP contribution in [0, 0.1) is 6.92 Å². The topological polar surface area (TPSA) is 87.9 Å². The number of hydrogen-bond donors (Lipinski definition) is 1. The van der Waals surface area contributed by atoms with Crippen LogP contribution in [0.15, 0.2) is 59.7 Å². The summed E-state index contributed by atoms with van der Waals surface area (Å²) in [5.74, 6) is -0.0623. The van der Waals surface area contributed by atoms with E-state index in [9.17, 15) is 14.7 Å². The number of carbonyl (C=O) groups is 1. The number of aromatic hydroxyl groups is 1. The first kappa shape index (κ1) is 24.8. The number of benzene rings is 1. The van der Waals surface area contributed by atoms with Gasteiger partial charge in [-0.2, -0.15) is 0 Å². The van der Waals surface area contributed by atoms with Crippen LogP contribution in [0.25, 0.3) is 0 Å². The summed E-state index contributed by atoms with van der Waals surface area (Å²) in [6.45, 7) is 6.14. The number of nitrogens with zero attached hydrogens (tertiary/aromatic N) is 4. The monoisotopic (exact) mass is 496 g/mol. The molecule has 9 heteroatoms. The molecule has 0 radical (unpaired) electrons. The maximum atomic E-state index is 13.9. The molecule has 0 spiro atoms. The summed E-state index contributed by atoms with van der Waals surface area (Å²) in [5, 5.41) is 11.6. The van der Waals surface area contributed by atoms with Gasteiger partial charge in [0.05, 0.1) is 24.8 Å². The Kier molecular flexibility index (Phi) is 7.73. The zero-order valence-corrected chi connectivity index (χ0v) is 20.6. The van der Waals surface area contributed by atoms with Crippen molar-refractivity contribution >= 4 is 17.7 Å². The fourth-order valence-corrected chi connectivity index (χ4v) is 4.71. The molecule has 8 nitrogen and oxygen atoms in total. The summed E-state index contributed by atoms with van der Waals surface area (Å²) in [5.41, 5.74) is 2.34. The van der Waals surface area contributed by atoms with E-state index in [0.717, 1.165) is 11.1 Å². The third-order valence-electron chi connectivity index (χ3n) is 6.23. The minimum atomic E-state index is -0.536. The Morgan fingerprint density at radius 3 is 2.60 bits per heavy atom. The highest BCUT2D eigenvalue weighted by Crippen LogP contribution is 2.34. The van der Waals surface area contributed by atoms with E-state index in [2.05, 4.69) is 9.88 Å². The molecule has 4 rings (SSSR count). The number of aryl methyl sites for hydroxylation is 1. The SMILES string of the molecule is CCOC(=O)N1CCN(C(c2cccc(Cl)c2)c2c(O)cc(C)n(Cc3cccnc3)c2=O)CC1. The molecule has 1 aromatic carbocycles. The van der Waals surface area contributed by atoms with Crippen LogP contribution in [0.4, 0.5) is 4.79 Å². The summed E-state index contributed by atoms with van der Waals surface area (Å²) < 4.78 is 6.79. The third kappa shape index (κ3) is 5.49. The van der Waals surface area contributed by atoms with E-state index in [-0.39, 0.29) is 23.0 Å². The summed E-state index contributed by atoms with van der Waals surface area (Å²) in [4.78, 5) is 34.0. The van der Waals surface area contributed by atoms with Crippen molar-refractivity contribution in [1.82, 2.24) is 19.4 Å². The number of rotatable bonds is 6. The highest BCUT2D eigenvalue weighted by Gasteiger charge is 2.33. The van der Waals surface area contributed by atoms with Gasteiger partial charge in [-0.05, 0) is 49.2 Å². The van der Waals surface area contributed by atoms with Crippen molar-refractivity contribution < 1.29 is 14.6 Å². The molecule has 184 valence electrons. The van der Waals surface area contributed by atoms with Crippen molar-refractivity contribution in [3.05, 3.63) is 92.6 Å². The van der Waals surface area contributed by atoms with Gasteiger partial charge in [0.2, 0.25) is 0 Å². The lowest BCUT2D eigenvalue weighted by Gasteiger charge is -2.39. The molecule has 0 bridgehead atoms. The predicted molar refractivity (Wildman–Crippen MR) is 134 cm³/mol. The Bertz CT molecular complexity index is 1240. The quantitative estimate of drug-likeness (QED) is 0.558. The minimum absolute atomic E-state index is 0.0623. The molecular weight excluding hydrogens is 468 g/mol. The van der Waals surface area contributed by atoms with E-state index in [4.69, 9.17) is 16.3 Å². The normalized spacial score (nSPS) is 15.1. The predicted octanol–water partition coefficient (Wildman–Crippen LogP) is 3.82. The van der Waals surface area contributed by atoms with Crippen LogP contribution in [0.5, 0.6) is 5.75 Å². The van der Waals surface area contributed by atoms with Crippen molar-refractivity contribution in [3.8, 4) is 5.75 Å². The number of pyridine rings is 2. The number of ether oxygens (including phenoxy) is 1. The highest BCUT2D eigenvalue weighted by molar-refractivity contribution is 6.30. The second kappa shape index (κ2) is 10.9. The summed E-state index contributed by atoms with van der Waals surface area (Å²) in [6, 6.07) is 12.1. The second-order valence-corrected chi connectivity index (χ2v) is 8.95. The maximum absolute atomic E-state index is 13.9. The fraction of sp³-hybridized carbons (Fsp3) is 0.346. The molecule has 3 aromatic rings. The lowest BCUT2D eigenvalue weighted by molar-refractivity contribution is 0.0709. The van der Waals surface area contributed by atoms with Crippen molar-refractivity contribution in [2.24, 2.45) is 0 Å². The van der Waals surface area contributed by atoms with Gasteiger partial charge < -0.3 is 19.3 Å². The molecule has 3 heterocycles. The minimum Gasteiger partial charge on any atom is -0.507 e. The van der Waals surface area contributed by atoms with Crippen molar-refractivity contribution in [2.75, 3.05) is 32.8 Å². The van der Waals surface area contributed by atoms with Crippen molar-refractivity contribution in [2.45, 2.75) is 26.4 Å². The van der Waals surface area contributed by atoms with E-state index in [1.807, 2.05) is 30.3 Å². The maximum Gasteiger partial charge on any atom is 0.409 e. The number of aromatic nitrogens is 2. The molecule has 1 saturated heterocycles. The second-order valence-electron chi connectivity index (χ2n) is 8.52. The zero-order valence-electron chi connectivity index (χ0n) is 19.9. The zero-order chi connectivity index (χ0) is 24.9. The molecule has 1 aliphatic heterocycles. The fourth-order valence-electron chi connectivity index (χ4n) is 4.51. The highest BCUT2D eigenvalue weighted by atomic mass is 35.5. The largest absolute Gasteiger partial charge is 0.507 e. The van der Waals surface area contributed by atoms with Gasteiger partial charge in [-0.15, -0.1) is 0 Å². The standard InChI is InChI=1S/C26H29ClN4O4/c1-3-35-26(34)30-12-10-29(11-13-30)24(20-7-4-8-21(27)15-20)23-22(32)14-18(2)31(25(23)33)17-19-6-5-9-28-16-19/h4-9,14-16,24,32H,3,10-13,17H2,1-2H3. The van der Waals surface area contributed by atoms with Gasteiger partial charge in [0, 0.05) is 49.3 Å². The molecule has 1 atom stereocenters. The molecule has 1 fully saturated rings. The first-order chi connectivity index (χ1) is 16.9. The molecule has 1 N–H and O–H groups in total. The van der Waals surface area contributed by atoms with Gasteiger partial charge in [-0.3, -0.25) is 14.7 Å². The molecule has 2 aromatic heterocycles. The van der Waals surface area contributed by atoms with E-state index in [0.29, 0.717) is 50.0 Å². The molecule has 1 amide bonds. The van der Waals surface area contributed by atoms with Crippen LogP contribution in [0.3, 0.4) is 0 Å². The lowest BCUT2D eigenvalue weighted by atomic mass is 9.96. The number of halogens is 1. The van der Waals surface area contributed by atoms with Crippen molar-refractivity contribution in [3.63, 3.8) is 0 Å². The molecule has 0 aliphatic carbocycles. The van der Waals surface area contributed by atoms with Gasteiger partial charge in [-0.1, -0.05) is 29.8 Å². The lowest BCUT2D eigenvalue weighted by Crippen LogP contribution is -2.50. The van der Waals surface area contributed by atoms with Gasteiger partial charge in [0.15, 0.2) is 0 Å². The Hall–Kier alpha value is -3.36. The molecule has 35 heavy (non-hydrogen) atoms. The van der Waals surface area contributed by atoms with Gasteiger partial charge in [-0.25, -0.2) is 4.79 Å².